The number of rotatable bonds is 5. The minimum atomic E-state index is -0.972. The largest absolute Gasteiger partial charge is 0.481 e. The molecule has 0 aliphatic carbocycles. The van der Waals surface area contributed by atoms with Gasteiger partial charge in [0.1, 0.15) is 5.82 Å². The van der Waals surface area contributed by atoms with Gasteiger partial charge < -0.3 is 10.4 Å². The Kier molecular flexibility index (Phi) is 5.03. The number of carboxylic acids is 1. The Morgan fingerprint density at radius 1 is 1.37 bits per heavy atom. The Hall–Kier alpha value is -1.91. The first-order valence-electron chi connectivity index (χ1n) is 6.10. The van der Waals surface area contributed by atoms with Crippen molar-refractivity contribution in [2.24, 2.45) is 11.8 Å². The molecule has 2 N–H and O–H groups in total. The molecule has 0 aliphatic heterocycles. The highest BCUT2D eigenvalue weighted by Gasteiger charge is 2.22. The zero-order valence-electron chi connectivity index (χ0n) is 11.2. The Bertz CT molecular complexity index is 486. The number of hydrogen-bond acceptors (Lipinski definition) is 2. The van der Waals surface area contributed by atoms with Gasteiger partial charge in [0.05, 0.1) is 11.5 Å². The predicted molar refractivity (Wildman–Crippen MR) is 69.4 cm³/mol. The summed E-state index contributed by atoms with van der Waals surface area (Å²) in [7, 11) is 0. The van der Waals surface area contributed by atoms with E-state index in [0.717, 1.165) is 5.56 Å². The lowest BCUT2D eigenvalue weighted by atomic mass is 9.96. The molecule has 1 aromatic carbocycles. The topological polar surface area (TPSA) is 66.4 Å². The van der Waals surface area contributed by atoms with E-state index >= 15 is 0 Å². The van der Waals surface area contributed by atoms with Gasteiger partial charge in [-0.2, -0.15) is 0 Å². The van der Waals surface area contributed by atoms with Gasteiger partial charge in [-0.1, -0.05) is 25.5 Å². The van der Waals surface area contributed by atoms with Crippen LogP contribution in [-0.2, 0) is 4.79 Å². The fraction of sp³-hybridized carbons (Fsp3) is 0.429. The van der Waals surface area contributed by atoms with E-state index in [0.29, 0.717) is 0 Å². The Morgan fingerprint density at radius 2 is 2.00 bits per heavy atom. The summed E-state index contributed by atoms with van der Waals surface area (Å²) in [4.78, 5) is 22.8. The number of carboxylic acid groups (broad SMARTS) is 1. The van der Waals surface area contributed by atoms with Crippen molar-refractivity contribution in [3.8, 4) is 0 Å². The zero-order valence-corrected chi connectivity index (χ0v) is 11.2. The van der Waals surface area contributed by atoms with E-state index in [1.807, 2.05) is 0 Å². The molecule has 0 fully saturated rings. The number of aliphatic carboxylic acids is 1. The first kappa shape index (κ1) is 15.1. The quantitative estimate of drug-likeness (QED) is 0.859. The fourth-order valence-electron chi connectivity index (χ4n) is 1.72. The van der Waals surface area contributed by atoms with Crippen molar-refractivity contribution in [3.63, 3.8) is 0 Å². The maximum Gasteiger partial charge on any atom is 0.308 e. The predicted octanol–water partition coefficient (Wildman–Crippen LogP) is 2.22. The van der Waals surface area contributed by atoms with Crippen molar-refractivity contribution < 1.29 is 19.1 Å². The molecule has 1 unspecified atom stereocenters. The van der Waals surface area contributed by atoms with Gasteiger partial charge in [-0.3, -0.25) is 9.59 Å². The molecule has 0 spiro atoms. The molecule has 0 bridgehead atoms. The molecule has 1 rings (SSSR count). The second kappa shape index (κ2) is 6.31. The monoisotopic (exact) mass is 267 g/mol. The molecule has 0 heterocycles. The van der Waals surface area contributed by atoms with Crippen LogP contribution in [0.5, 0.6) is 0 Å². The molecule has 1 aromatic rings. The van der Waals surface area contributed by atoms with Gasteiger partial charge in [-0.25, -0.2) is 4.39 Å². The molecule has 0 saturated heterocycles. The maximum atomic E-state index is 13.5. The van der Waals surface area contributed by atoms with Crippen molar-refractivity contribution in [2.45, 2.75) is 20.8 Å². The highest BCUT2D eigenvalue weighted by atomic mass is 19.1. The van der Waals surface area contributed by atoms with Crippen LogP contribution < -0.4 is 5.32 Å². The lowest BCUT2D eigenvalue weighted by Gasteiger charge is -2.16. The van der Waals surface area contributed by atoms with Crippen molar-refractivity contribution in [3.05, 3.63) is 35.1 Å². The highest BCUT2D eigenvalue weighted by Crippen LogP contribution is 2.12. The van der Waals surface area contributed by atoms with Crippen LogP contribution in [0.4, 0.5) is 4.39 Å². The van der Waals surface area contributed by atoms with Gasteiger partial charge in [0.25, 0.3) is 5.91 Å². The smallest absolute Gasteiger partial charge is 0.308 e. The number of carbonyl (C=O) groups excluding carboxylic acids is 1. The summed E-state index contributed by atoms with van der Waals surface area (Å²) in [6, 6.07) is 4.23. The summed E-state index contributed by atoms with van der Waals surface area (Å²) in [6.45, 7) is 5.26. The molecule has 4 nitrogen and oxygen atoms in total. The first-order chi connectivity index (χ1) is 8.82. The van der Waals surface area contributed by atoms with Crippen LogP contribution >= 0.6 is 0 Å². The van der Waals surface area contributed by atoms with Gasteiger partial charge in [0.2, 0.25) is 0 Å². The van der Waals surface area contributed by atoms with Gasteiger partial charge in [-0.05, 0) is 25.0 Å². The second-order valence-corrected chi connectivity index (χ2v) is 4.88. The Morgan fingerprint density at radius 3 is 2.53 bits per heavy atom. The third-order valence-electron chi connectivity index (χ3n) is 2.97. The van der Waals surface area contributed by atoms with Crippen LogP contribution in [0.15, 0.2) is 18.2 Å². The molecular weight excluding hydrogens is 249 g/mol. The average molecular weight is 267 g/mol. The number of benzene rings is 1. The van der Waals surface area contributed by atoms with Gasteiger partial charge in [-0.15, -0.1) is 0 Å². The minimum absolute atomic E-state index is 0.0147. The van der Waals surface area contributed by atoms with Crippen molar-refractivity contribution in [1.29, 1.82) is 0 Å². The fourth-order valence-corrected chi connectivity index (χ4v) is 1.72. The van der Waals surface area contributed by atoms with E-state index in [2.05, 4.69) is 5.32 Å². The number of amides is 1. The third-order valence-corrected chi connectivity index (χ3v) is 2.97. The summed E-state index contributed by atoms with van der Waals surface area (Å²) in [5, 5.41) is 11.5. The number of nitrogens with one attached hydrogen (secondary N) is 1. The van der Waals surface area contributed by atoms with E-state index in [9.17, 15) is 14.0 Å². The molecule has 104 valence electrons. The minimum Gasteiger partial charge on any atom is -0.481 e. The molecule has 0 aliphatic rings. The van der Waals surface area contributed by atoms with Crippen molar-refractivity contribution in [1.82, 2.24) is 5.32 Å². The van der Waals surface area contributed by atoms with Crippen LogP contribution in [0.2, 0.25) is 0 Å². The van der Waals surface area contributed by atoms with Crippen LogP contribution in [0.25, 0.3) is 0 Å². The third kappa shape index (κ3) is 4.05. The molecule has 0 radical (unpaired) electrons. The van der Waals surface area contributed by atoms with Gasteiger partial charge >= 0.3 is 5.97 Å². The number of halogens is 1. The molecule has 19 heavy (non-hydrogen) atoms. The van der Waals surface area contributed by atoms with Crippen molar-refractivity contribution >= 4 is 11.9 Å². The summed E-state index contributed by atoms with van der Waals surface area (Å²) in [6.07, 6.45) is 0. The second-order valence-electron chi connectivity index (χ2n) is 4.88. The molecule has 0 aromatic heterocycles. The number of carbonyl (C=O) groups is 2. The Balaban J connectivity index is 2.75. The molecular formula is C14H18FNO3. The van der Waals surface area contributed by atoms with Crippen LogP contribution in [0, 0.1) is 24.6 Å². The van der Waals surface area contributed by atoms with E-state index in [1.165, 1.54) is 12.1 Å². The zero-order chi connectivity index (χ0) is 14.6. The number of hydrogen-bond donors (Lipinski definition) is 2. The lowest BCUT2D eigenvalue weighted by molar-refractivity contribution is -0.142. The van der Waals surface area contributed by atoms with Crippen LogP contribution in [-0.4, -0.2) is 23.5 Å². The Labute approximate surface area is 111 Å². The van der Waals surface area contributed by atoms with Crippen LogP contribution in [0.1, 0.15) is 29.8 Å². The molecule has 0 saturated carbocycles. The SMILES string of the molecule is Cc1ccc(F)c(C(=O)NCC(C(=O)O)C(C)C)c1. The molecule has 1 atom stereocenters. The van der Waals surface area contributed by atoms with Crippen LogP contribution in [0.3, 0.4) is 0 Å². The summed E-state index contributed by atoms with van der Waals surface area (Å²) < 4.78 is 13.5. The molecule has 1 amide bonds. The normalized spacial score (nSPS) is 12.3. The number of aryl methyl sites for hydroxylation is 1. The van der Waals surface area contributed by atoms with E-state index in [-0.39, 0.29) is 18.0 Å². The van der Waals surface area contributed by atoms with Gasteiger partial charge in [0, 0.05) is 6.54 Å². The average Bonchev–Trinajstić information content (AvgIpc) is 2.31. The first-order valence-corrected chi connectivity index (χ1v) is 6.10. The van der Waals surface area contributed by atoms with Gasteiger partial charge in [0.15, 0.2) is 0 Å². The lowest BCUT2D eigenvalue weighted by Crippen LogP contribution is -2.35. The summed E-state index contributed by atoms with van der Waals surface area (Å²) in [5.74, 6) is -2.97. The van der Waals surface area contributed by atoms with E-state index in [4.69, 9.17) is 5.11 Å². The van der Waals surface area contributed by atoms with E-state index in [1.54, 1.807) is 26.8 Å². The maximum absolute atomic E-state index is 13.5. The highest BCUT2D eigenvalue weighted by molar-refractivity contribution is 5.94. The standard InChI is InChI=1S/C14H18FNO3/c1-8(2)11(14(18)19)7-16-13(17)10-6-9(3)4-5-12(10)15/h4-6,8,11H,7H2,1-3H3,(H,16,17)(H,18,19). The summed E-state index contributed by atoms with van der Waals surface area (Å²) in [5.41, 5.74) is 0.707. The molecule has 5 heteroatoms. The van der Waals surface area contributed by atoms with Crippen molar-refractivity contribution in [2.75, 3.05) is 6.54 Å². The summed E-state index contributed by atoms with van der Waals surface area (Å²) >= 11 is 0. The van der Waals surface area contributed by atoms with E-state index < -0.39 is 23.6 Å².